The van der Waals surface area contributed by atoms with Crippen LogP contribution in [0, 0.1) is 0 Å². The van der Waals surface area contributed by atoms with Crippen molar-refractivity contribution < 1.29 is 51.4 Å². The van der Waals surface area contributed by atoms with Crippen LogP contribution >= 0.6 is 0 Å². The number of methoxy groups -OCH3 is 1. The van der Waals surface area contributed by atoms with E-state index >= 15 is 0 Å². The van der Waals surface area contributed by atoms with Crippen LogP contribution < -0.4 is 36.6 Å². The zero-order valence-corrected chi connectivity index (χ0v) is 38.0. The quantitative estimate of drug-likeness (QED) is 0.0976. The molecule has 0 radical (unpaired) electrons. The lowest BCUT2D eigenvalue weighted by molar-refractivity contribution is -0.139. The van der Waals surface area contributed by atoms with E-state index in [0.29, 0.717) is 45.7 Å². The average Bonchev–Trinajstić information content (AvgIpc) is 3.97. The molecule has 0 aliphatic carbocycles. The van der Waals surface area contributed by atoms with Crippen LogP contribution in [0.5, 0.6) is 5.75 Å². The van der Waals surface area contributed by atoms with Crippen molar-refractivity contribution in [1.29, 1.82) is 0 Å². The molecular formula is C48H50F3N11O8. The molecule has 6 N–H and O–H groups in total. The second-order valence-corrected chi connectivity index (χ2v) is 16.8. The van der Waals surface area contributed by atoms with Crippen LogP contribution in [0.25, 0.3) is 28.2 Å². The summed E-state index contributed by atoms with van der Waals surface area (Å²) in [5.74, 6) is -1.88. The number of hydrogen-bond donors (Lipinski definition) is 5. The van der Waals surface area contributed by atoms with Crippen molar-refractivity contribution in [3.8, 4) is 17.0 Å². The van der Waals surface area contributed by atoms with Gasteiger partial charge < -0.3 is 36.1 Å². The number of allylic oxidation sites excluding steroid dienone is 1. The van der Waals surface area contributed by atoms with Crippen molar-refractivity contribution in [2.75, 3.05) is 62.5 Å². The fourth-order valence-corrected chi connectivity index (χ4v) is 8.65. The molecule has 2 bridgehead atoms. The predicted octanol–water partition coefficient (Wildman–Crippen LogP) is 5.48. The van der Waals surface area contributed by atoms with Crippen LogP contribution in [0.2, 0.25) is 0 Å². The number of hydrogen-bond acceptors (Lipinski definition) is 12. The molecule has 7 amide bonds. The number of nitrogens with zero attached hydrogens (tertiary/aromatic N) is 6. The largest absolute Gasteiger partial charge is 0.495 e. The van der Waals surface area contributed by atoms with Gasteiger partial charge in [-0.1, -0.05) is 30.7 Å². The first-order valence-corrected chi connectivity index (χ1v) is 22.7. The first-order valence-electron chi connectivity index (χ1n) is 22.7. The number of urea groups is 1. The highest BCUT2D eigenvalue weighted by Gasteiger charge is 2.42. The zero-order valence-electron chi connectivity index (χ0n) is 38.0. The number of carbonyl (C=O) groups excluding carboxylic acids is 6. The summed E-state index contributed by atoms with van der Waals surface area (Å²) in [7, 11) is 1.43. The Balaban J connectivity index is 0.965. The lowest BCUT2D eigenvalue weighted by Crippen LogP contribution is -2.49. The molecule has 2 saturated heterocycles. The third kappa shape index (κ3) is 10.9. The number of alkyl halides is 3. The number of ether oxygens (including phenoxy) is 2. The highest BCUT2D eigenvalue weighted by molar-refractivity contribution is 6.08. The Morgan fingerprint density at radius 2 is 1.76 bits per heavy atom. The maximum atomic E-state index is 14.0. The summed E-state index contributed by atoms with van der Waals surface area (Å²) in [6.07, 6.45) is 5.52. The molecule has 366 valence electrons. The van der Waals surface area contributed by atoms with Crippen molar-refractivity contribution in [3.05, 3.63) is 95.3 Å². The topological polar surface area (TPSA) is 245 Å². The standard InChI is InChI=1S/C48H50F3N11O8/c1-69-36-13-12-30(23-34(36)60-20-15-38(63)58-47(60)68)44(65)55-19-22-70-21-16-39(64)61-27-33-25-35(61)46(67)54-17-6-4-2-3-5-7-31-26-56-43(52)40-41(59-62(33)42(31)40)28-8-10-29(11-9-28)45(66)57-37-24-32(14-18-53-37)48(49,50)51/h5,7-14,18,23-24,26,33,35H,2-4,6,15-17,19-22,25,27H2,1H3,(H2,52,56)(H,54,67)(H,55,65)(H,53,57,66)(H,58,63,68)/b7-5+/t33-,35+/m0/s1. The molecule has 5 aromatic rings. The summed E-state index contributed by atoms with van der Waals surface area (Å²) in [5.41, 5.74) is 8.68. The SMILES string of the molecule is COc1ccc(C(=O)NCCOCCC(=O)N2C[C@@H]3C[C@@H]2C(=O)NCCCCC/C=C/c2cnc(N)c4c(-c5ccc(C(=O)Nc6cc(C(F)(F)F)ccn6)cc5)nn3c24)cc1N1CCC(=O)NC1=O. The second-order valence-electron chi connectivity index (χ2n) is 16.8. The van der Waals surface area contributed by atoms with Crippen LogP contribution in [0.4, 0.5) is 35.3 Å². The number of aromatic nitrogens is 4. The van der Waals surface area contributed by atoms with Crippen LogP contribution in [0.1, 0.15) is 82.8 Å². The van der Waals surface area contributed by atoms with Crippen LogP contribution in [-0.2, 0) is 25.3 Å². The average molecular weight is 966 g/mol. The number of imide groups is 1. The van der Waals surface area contributed by atoms with Gasteiger partial charge in [-0.15, -0.1) is 0 Å². The Hall–Kier alpha value is -7.88. The molecule has 6 heterocycles. The number of nitrogens with two attached hydrogens (primary N) is 1. The van der Waals surface area contributed by atoms with E-state index in [-0.39, 0.29) is 86.7 Å². The van der Waals surface area contributed by atoms with Crippen LogP contribution in [0.15, 0.2) is 73.1 Å². The third-order valence-corrected chi connectivity index (χ3v) is 12.2. The van der Waals surface area contributed by atoms with Gasteiger partial charge in [-0.05, 0) is 61.7 Å². The summed E-state index contributed by atoms with van der Waals surface area (Å²) in [6, 6.07) is 10.5. The van der Waals surface area contributed by atoms with Crippen molar-refractivity contribution in [2.24, 2.45) is 0 Å². The highest BCUT2D eigenvalue weighted by atomic mass is 19.4. The molecule has 8 rings (SSSR count). The van der Waals surface area contributed by atoms with Crippen molar-refractivity contribution in [3.63, 3.8) is 0 Å². The molecule has 2 atom stereocenters. The Morgan fingerprint density at radius 3 is 2.53 bits per heavy atom. The number of rotatable bonds is 12. The number of benzene rings is 2. The minimum Gasteiger partial charge on any atom is -0.495 e. The number of likely N-dealkylation sites (tertiary alicyclic amines) is 1. The van der Waals surface area contributed by atoms with Gasteiger partial charge in [-0.2, -0.15) is 18.3 Å². The predicted molar refractivity (Wildman–Crippen MR) is 251 cm³/mol. The van der Waals surface area contributed by atoms with E-state index in [9.17, 15) is 41.9 Å². The summed E-state index contributed by atoms with van der Waals surface area (Å²) in [6.45, 7) is 0.841. The lowest BCUT2D eigenvalue weighted by Gasteiger charge is -2.28. The van der Waals surface area contributed by atoms with Gasteiger partial charge in [-0.3, -0.25) is 38.9 Å². The summed E-state index contributed by atoms with van der Waals surface area (Å²) in [5, 5.41) is 16.0. The third-order valence-electron chi connectivity index (χ3n) is 12.2. The van der Waals surface area contributed by atoms with Crippen molar-refractivity contribution in [2.45, 2.75) is 63.2 Å². The number of carbonyl (C=O) groups is 6. The van der Waals surface area contributed by atoms with E-state index in [1.807, 2.05) is 12.2 Å². The number of nitrogen functional groups attached to an aromatic ring is 1. The molecule has 2 aromatic carbocycles. The molecule has 3 aromatic heterocycles. The fourth-order valence-electron chi connectivity index (χ4n) is 8.65. The Bertz CT molecular complexity index is 2850. The molecule has 2 fully saturated rings. The minimum absolute atomic E-state index is 0.00382. The highest BCUT2D eigenvalue weighted by Crippen LogP contribution is 2.39. The lowest BCUT2D eigenvalue weighted by atomic mass is 10.0. The number of anilines is 3. The van der Waals surface area contributed by atoms with Gasteiger partial charge in [0.15, 0.2) is 0 Å². The normalized spacial score (nSPS) is 18.1. The molecule has 3 aliphatic rings. The minimum atomic E-state index is -4.62. The van der Waals surface area contributed by atoms with E-state index in [1.165, 1.54) is 35.1 Å². The van der Waals surface area contributed by atoms with E-state index in [1.54, 1.807) is 35.1 Å². The van der Waals surface area contributed by atoms with Gasteiger partial charge in [0.1, 0.15) is 29.1 Å². The monoisotopic (exact) mass is 965 g/mol. The number of halogens is 3. The Morgan fingerprint density at radius 1 is 0.957 bits per heavy atom. The van der Waals surface area contributed by atoms with E-state index in [4.69, 9.17) is 20.3 Å². The molecule has 19 nitrogen and oxygen atoms in total. The Labute approximate surface area is 398 Å². The zero-order chi connectivity index (χ0) is 49.5. The molecule has 0 unspecified atom stereocenters. The van der Waals surface area contributed by atoms with Crippen molar-refractivity contribution >= 4 is 69.9 Å². The van der Waals surface area contributed by atoms with Crippen molar-refractivity contribution in [1.82, 2.24) is 40.6 Å². The number of fused-ring (bicyclic) bond motifs is 3. The second kappa shape index (κ2) is 21.2. The van der Waals surface area contributed by atoms with Gasteiger partial charge in [0.2, 0.25) is 17.7 Å². The van der Waals surface area contributed by atoms with Gasteiger partial charge >= 0.3 is 12.2 Å². The number of nitrogens with one attached hydrogen (secondary N) is 4. The van der Waals surface area contributed by atoms with Gasteiger partial charge in [0.25, 0.3) is 11.8 Å². The fraction of sp³-hybridized carbons (Fsp3) is 0.354. The first-order chi connectivity index (χ1) is 33.7. The van der Waals surface area contributed by atoms with E-state index in [0.717, 1.165) is 44.0 Å². The number of pyridine rings is 2. The Kier molecular flexibility index (Phi) is 14.7. The maximum absolute atomic E-state index is 14.0. The number of amides is 7. The summed E-state index contributed by atoms with van der Waals surface area (Å²) >= 11 is 0. The van der Waals surface area contributed by atoms with Gasteiger partial charge in [-0.25, -0.2) is 14.8 Å². The molecule has 0 spiro atoms. The molecule has 0 saturated carbocycles. The summed E-state index contributed by atoms with van der Waals surface area (Å²) < 4.78 is 52.8. The molecule has 3 aliphatic heterocycles. The first kappa shape index (κ1) is 48.6. The van der Waals surface area contributed by atoms with Crippen LogP contribution in [-0.4, -0.2) is 113 Å². The summed E-state index contributed by atoms with van der Waals surface area (Å²) in [4.78, 5) is 89.5. The van der Waals surface area contributed by atoms with Gasteiger partial charge in [0.05, 0.1) is 54.9 Å². The van der Waals surface area contributed by atoms with E-state index in [2.05, 4.69) is 31.2 Å². The van der Waals surface area contributed by atoms with Crippen LogP contribution in [0.3, 0.4) is 0 Å². The molecule has 70 heavy (non-hydrogen) atoms. The smallest absolute Gasteiger partial charge is 0.416 e. The molecular weight excluding hydrogens is 916 g/mol. The molecule has 22 heteroatoms. The van der Waals surface area contributed by atoms with Gasteiger partial charge in [0, 0.05) is 73.7 Å². The maximum Gasteiger partial charge on any atom is 0.416 e. The van der Waals surface area contributed by atoms with E-state index < -0.39 is 47.6 Å².